The third kappa shape index (κ3) is 5.28. The second-order valence-corrected chi connectivity index (χ2v) is 5.05. The van der Waals surface area contributed by atoms with Crippen molar-refractivity contribution in [3.05, 3.63) is 53.6 Å². The van der Waals surface area contributed by atoms with Gasteiger partial charge in [-0.25, -0.2) is 5.43 Å². The van der Waals surface area contributed by atoms with Crippen LogP contribution in [0.25, 0.3) is 0 Å². The number of nitrogens with zero attached hydrogens (tertiary/aromatic N) is 1. The fourth-order valence-corrected chi connectivity index (χ4v) is 2.10. The van der Waals surface area contributed by atoms with Gasteiger partial charge >= 0.3 is 0 Å². The molecule has 0 atom stereocenters. The Bertz CT molecular complexity index is 808. The topological polar surface area (TPSA) is 69.2 Å². The monoisotopic (exact) mass is 352 g/mol. The number of amides is 1. The van der Waals surface area contributed by atoms with Crippen LogP contribution in [0.3, 0.4) is 0 Å². The molecule has 0 fully saturated rings. The lowest BCUT2D eigenvalue weighted by Crippen LogP contribution is -2.17. The first kappa shape index (κ1) is 18.9. The number of hydrazone groups is 1. The van der Waals surface area contributed by atoms with E-state index in [1.54, 1.807) is 49.6 Å². The van der Waals surface area contributed by atoms with Crippen LogP contribution in [-0.2, 0) is 0 Å². The first-order chi connectivity index (χ1) is 12.7. The molecule has 0 radical (unpaired) electrons. The molecule has 0 saturated heterocycles. The number of rotatable bonds is 8. The van der Waals surface area contributed by atoms with E-state index in [9.17, 15) is 4.79 Å². The molecule has 2 aromatic rings. The summed E-state index contributed by atoms with van der Waals surface area (Å²) in [6.07, 6.45) is 6.69. The molecule has 0 aromatic heterocycles. The molecular formula is C20H20N2O4. The molecule has 0 aliphatic carbocycles. The van der Waals surface area contributed by atoms with E-state index in [-0.39, 0.29) is 12.5 Å². The summed E-state index contributed by atoms with van der Waals surface area (Å²) >= 11 is 0. The van der Waals surface area contributed by atoms with Crippen LogP contribution in [0.15, 0.2) is 47.6 Å². The van der Waals surface area contributed by atoms with E-state index in [2.05, 4.69) is 16.4 Å². The Morgan fingerprint density at radius 3 is 2.58 bits per heavy atom. The lowest BCUT2D eigenvalue weighted by atomic mass is 10.2. The normalized spacial score (nSPS) is 10.2. The van der Waals surface area contributed by atoms with Crippen molar-refractivity contribution in [1.29, 1.82) is 0 Å². The first-order valence-electron chi connectivity index (χ1n) is 7.98. The van der Waals surface area contributed by atoms with E-state index in [0.29, 0.717) is 35.0 Å². The highest BCUT2D eigenvalue weighted by atomic mass is 16.5. The molecule has 2 rings (SSSR count). The fraction of sp³-hybridized carbons (Fsp3) is 0.200. The van der Waals surface area contributed by atoms with Crippen molar-refractivity contribution in [3.8, 4) is 29.6 Å². The number of terminal acetylenes is 1. The maximum Gasteiger partial charge on any atom is 0.271 e. The average molecular weight is 352 g/mol. The van der Waals surface area contributed by atoms with E-state index in [1.165, 1.54) is 6.21 Å². The summed E-state index contributed by atoms with van der Waals surface area (Å²) in [6.45, 7) is 2.60. The van der Waals surface area contributed by atoms with Crippen molar-refractivity contribution < 1.29 is 19.0 Å². The minimum absolute atomic E-state index is 0.131. The molecule has 0 saturated carbocycles. The quantitative estimate of drug-likeness (QED) is 0.451. The summed E-state index contributed by atoms with van der Waals surface area (Å²) in [5.41, 5.74) is 3.58. The van der Waals surface area contributed by atoms with Crippen LogP contribution in [0.5, 0.6) is 17.2 Å². The number of methoxy groups -OCH3 is 1. The second-order valence-electron chi connectivity index (χ2n) is 5.05. The van der Waals surface area contributed by atoms with Gasteiger partial charge in [-0.1, -0.05) is 5.92 Å². The highest BCUT2D eigenvalue weighted by Gasteiger charge is 2.06. The Labute approximate surface area is 152 Å². The number of benzene rings is 2. The molecule has 1 amide bonds. The number of nitrogens with one attached hydrogen (secondary N) is 1. The van der Waals surface area contributed by atoms with Crippen LogP contribution < -0.4 is 19.6 Å². The zero-order valence-corrected chi connectivity index (χ0v) is 14.7. The number of ether oxygens (including phenoxy) is 3. The summed E-state index contributed by atoms with van der Waals surface area (Å²) in [7, 11) is 1.56. The molecular weight excluding hydrogens is 332 g/mol. The summed E-state index contributed by atoms with van der Waals surface area (Å²) in [6, 6.07) is 12.0. The maximum atomic E-state index is 12.1. The molecule has 134 valence electrons. The molecule has 6 heteroatoms. The molecule has 6 nitrogen and oxygen atoms in total. The van der Waals surface area contributed by atoms with Crippen LogP contribution in [0.1, 0.15) is 22.8 Å². The van der Waals surface area contributed by atoms with Gasteiger partial charge in [-0.05, 0) is 49.4 Å². The molecule has 1 N–H and O–H groups in total. The van der Waals surface area contributed by atoms with Gasteiger partial charge in [0.25, 0.3) is 5.91 Å². The standard InChI is InChI=1S/C20H20N2O4/c1-4-12-26-19-11-10-18(24-3)13-16(19)14-21-22-20(23)15-6-8-17(9-7-15)25-5-2/h1,6-11,13-14H,5,12H2,2-3H3,(H,22,23)/b21-14-. The minimum atomic E-state index is -0.335. The minimum Gasteiger partial charge on any atom is -0.497 e. The largest absolute Gasteiger partial charge is 0.497 e. The lowest BCUT2D eigenvalue weighted by molar-refractivity contribution is 0.0955. The molecule has 0 bridgehead atoms. The number of hydrogen-bond donors (Lipinski definition) is 1. The summed E-state index contributed by atoms with van der Waals surface area (Å²) < 4.78 is 16.0. The van der Waals surface area contributed by atoms with E-state index in [4.69, 9.17) is 20.6 Å². The predicted molar refractivity (Wildman–Crippen MR) is 100.0 cm³/mol. The summed E-state index contributed by atoms with van der Waals surface area (Å²) in [5.74, 6) is 3.96. The van der Waals surface area contributed by atoms with Crippen LogP contribution in [0.2, 0.25) is 0 Å². The third-order valence-electron chi connectivity index (χ3n) is 3.33. The van der Waals surface area contributed by atoms with Gasteiger partial charge in [-0.2, -0.15) is 5.10 Å². The van der Waals surface area contributed by atoms with Crippen molar-refractivity contribution in [2.75, 3.05) is 20.3 Å². The van der Waals surface area contributed by atoms with Crippen LogP contribution >= 0.6 is 0 Å². The molecule has 0 aliphatic heterocycles. The van der Waals surface area contributed by atoms with E-state index in [0.717, 1.165) is 0 Å². The molecule has 26 heavy (non-hydrogen) atoms. The Kier molecular flexibility index (Phi) is 7.07. The van der Waals surface area contributed by atoms with Gasteiger partial charge in [0, 0.05) is 11.1 Å². The highest BCUT2D eigenvalue weighted by Crippen LogP contribution is 2.22. The van der Waals surface area contributed by atoms with Crippen LogP contribution in [0.4, 0.5) is 0 Å². The van der Waals surface area contributed by atoms with Crippen molar-refractivity contribution in [2.45, 2.75) is 6.92 Å². The van der Waals surface area contributed by atoms with Crippen molar-refractivity contribution in [3.63, 3.8) is 0 Å². The molecule has 2 aromatic carbocycles. The first-order valence-corrected chi connectivity index (χ1v) is 7.98. The Hall–Kier alpha value is -3.46. The van der Waals surface area contributed by atoms with E-state index < -0.39 is 0 Å². The van der Waals surface area contributed by atoms with E-state index in [1.807, 2.05) is 6.92 Å². The maximum absolute atomic E-state index is 12.1. The van der Waals surface area contributed by atoms with Crippen LogP contribution in [0, 0.1) is 12.3 Å². The smallest absolute Gasteiger partial charge is 0.271 e. The number of carbonyl (C=O) groups excluding carboxylic acids is 1. The second kappa shape index (κ2) is 9.74. The van der Waals surface area contributed by atoms with Gasteiger partial charge in [-0.3, -0.25) is 4.79 Å². The SMILES string of the molecule is C#CCOc1ccc(OC)cc1/C=N\NC(=O)c1ccc(OCC)cc1. The van der Waals surface area contributed by atoms with Gasteiger partial charge in [-0.15, -0.1) is 6.42 Å². The van der Waals surface area contributed by atoms with Gasteiger partial charge < -0.3 is 14.2 Å². The van der Waals surface area contributed by atoms with Gasteiger partial charge in [0.15, 0.2) is 0 Å². The van der Waals surface area contributed by atoms with Gasteiger partial charge in [0.05, 0.1) is 19.9 Å². The Balaban J connectivity index is 2.06. The van der Waals surface area contributed by atoms with Crippen molar-refractivity contribution in [1.82, 2.24) is 5.43 Å². The third-order valence-corrected chi connectivity index (χ3v) is 3.33. The summed E-state index contributed by atoms with van der Waals surface area (Å²) in [4.78, 5) is 12.1. The Morgan fingerprint density at radius 2 is 1.92 bits per heavy atom. The lowest BCUT2D eigenvalue weighted by Gasteiger charge is -2.08. The zero-order valence-electron chi connectivity index (χ0n) is 14.7. The van der Waals surface area contributed by atoms with Gasteiger partial charge in [0.2, 0.25) is 0 Å². The summed E-state index contributed by atoms with van der Waals surface area (Å²) in [5, 5.41) is 3.98. The fourth-order valence-electron chi connectivity index (χ4n) is 2.10. The molecule has 0 unspecified atom stereocenters. The predicted octanol–water partition coefficient (Wildman–Crippen LogP) is 2.87. The Morgan fingerprint density at radius 1 is 1.19 bits per heavy atom. The van der Waals surface area contributed by atoms with Gasteiger partial charge in [0.1, 0.15) is 23.9 Å². The van der Waals surface area contributed by atoms with Crippen LogP contribution in [-0.4, -0.2) is 32.4 Å². The highest BCUT2D eigenvalue weighted by molar-refractivity contribution is 5.95. The average Bonchev–Trinajstić information content (AvgIpc) is 2.67. The molecule has 0 aliphatic rings. The van der Waals surface area contributed by atoms with Crippen molar-refractivity contribution in [2.24, 2.45) is 5.10 Å². The molecule has 0 spiro atoms. The number of carbonyl (C=O) groups is 1. The van der Waals surface area contributed by atoms with Crippen molar-refractivity contribution >= 4 is 12.1 Å². The number of hydrogen-bond acceptors (Lipinski definition) is 5. The zero-order chi connectivity index (χ0) is 18.8. The van der Waals surface area contributed by atoms with E-state index >= 15 is 0 Å². The molecule has 0 heterocycles.